The molecule has 0 N–H and O–H groups in total. The minimum atomic E-state index is -0.437. The lowest BCUT2D eigenvalue weighted by atomic mass is 10.2. The number of carbonyl (C=O) groups excluding carboxylic acids is 1. The topological polar surface area (TPSA) is 35.5 Å². The predicted molar refractivity (Wildman–Crippen MR) is 46.6 cm³/mol. The Morgan fingerprint density at radius 2 is 2.00 bits per heavy atom. The summed E-state index contributed by atoms with van der Waals surface area (Å²) in [6.07, 6.45) is 2.61. The summed E-state index contributed by atoms with van der Waals surface area (Å²) in [5, 5.41) is 0. The normalized spacial score (nSPS) is 11.7. The van der Waals surface area contributed by atoms with E-state index >= 15 is 0 Å². The van der Waals surface area contributed by atoms with Gasteiger partial charge in [0.25, 0.3) is 0 Å². The van der Waals surface area contributed by atoms with Crippen molar-refractivity contribution in [3.63, 3.8) is 0 Å². The highest BCUT2D eigenvalue weighted by Gasteiger charge is 2.13. The number of esters is 1. The largest absolute Gasteiger partial charge is 0.501 e. The molecule has 0 rings (SSSR count). The molecule has 70 valence electrons. The third-order valence-corrected chi connectivity index (χ3v) is 0.874. The lowest BCUT2D eigenvalue weighted by molar-refractivity contribution is -0.148. The van der Waals surface area contributed by atoms with Crippen molar-refractivity contribution in [1.29, 1.82) is 0 Å². The maximum absolute atomic E-state index is 10.9. The van der Waals surface area contributed by atoms with Crippen LogP contribution in [0.3, 0.4) is 0 Å². The monoisotopic (exact) mass is 172 g/mol. The Kier molecular flexibility index (Phi) is 4.40. The maximum Gasteiger partial charge on any atom is 0.334 e. The molecule has 0 fully saturated rings. The van der Waals surface area contributed by atoms with Gasteiger partial charge in [0.05, 0.1) is 18.9 Å². The summed E-state index contributed by atoms with van der Waals surface area (Å²) in [7, 11) is 0. The van der Waals surface area contributed by atoms with Gasteiger partial charge < -0.3 is 9.47 Å². The highest BCUT2D eigenvalue weighted by Crippen LogP contribution is 2.06. The Labute approximate surface area is 73.4 Å². The van der Waals surface area contributed by atoms with Crippen molar-refractivity contribution < 1.29 is 14.3 Å². The molecule has 0 saturated heterocycles. The Bertz CT molecular complexity index is 165. The molecule has 0 amide bonds. The zero-order chi connectivity index (χ0) is 9.61. The molecule has 0 aliphatic carbocycles. The second-order valence-corrected chi connectivity index (χ2v) is 3.29. The first kappa shape index (κ1) is 11.0. The summed E-state index contributed by atoms with van der Waals surface area (Å²) in [4.78, 5) is 10.9. The van der Waals surface area contributed by atoms with Crippen molar-refractivity contribution in [2.75, 3.05) is 6.61 Å². The number of hydrogen-bond donors (Lipinski definition) is 0. The fraction of sp³-hybridized carbons (Fsp3) is 0.667. The molecule has 0 aromatic rings. The average molecular weight is 172 g/mol. The molecule has 0 aromatic heterocycles. The van der Waals surface area contributed by atoms with E-state index in [9.17, 15) is 4.79 Å². The molecule has 12 heavy (non-hydrogen) atoms. The Hall–Kier alpha value is -0.990. The van der Waals surface area contributed by atoms with Crippen molar-refractivity contribution >= 4 is 5.97 Å². The zero-order valence-corrected chi connectivity index (χ0v) is 8.09. The molecule has 0 aliphatic heterocycles. The molecule has 0 bridgehead atoms. The number of ether oxygens (including phenoxy) is 2. The van der Waals surface area contributed by atoms with E-state index in [0.29, 0.717) is 6.61 Å². The summed E-state index contributed by atoms with van der Waals surface area (Å²) < 4.78 is 9.82. The van der Waals surface area contributed by atoms with Crippen LogP contribution in [0.2, 0.25) is 0 Å². The van der Waals surface area contributed by atoms with Gasteiger partial charge >= 0.3 is 5.97 Å². The molecular weight excluding hydrogens is 156 g/mol. The second-order valence-electron chi connectivity index (χ2n) is 3.29. The molecule has 0 radical (unpaired) electrons. The van der Waals surface area contributed by atoms with Gasteiger partial charge in [0.2, 0.25) is 0 Å². The van der Waals surface area contributed by atoms with Crippen LogP contribution < -0.4 is 0 Å². The van der Waals surface area contributed by atoms with Crippen molar-refractivity contribution in [3.05, 3.63) is 12.3 Å². The molecule has 0 aliphatic rings. The van der Waals surface area contributed by atoms with Gasteiger partial charge in [0, 0.05) is 0 Å². The first-order valence-electron chi connectivity index (χ1n) is 3.97. The number of carbonyl (C=O) groups is 1. The van der Waals surface area contributed by atoms with E-state index in [1.165, 1.54) is 12.3 Å². The van der Waals surface area contributed by atoms with E-state index in [1.54, 1.807) is 0 Å². The summed E-state index contributed by atoms with van der Waals surface area (Å²) in [6.45, 7) is 7.86. The fourth-order valence-corrected chi connectivity index (χ4v) is 0.536. The maximum atomic E-state index is 10.9. The molecule has 0 spiro atoms. The summed E-state index contributed by atoms with van der Waals surface area (Å²) in [6, 6.07) is 0. The molecule has 0 atom stereocenters. The van der Waals surface area contributed by atoms with Gasteiger partial charge in [-0.25, -0.2) is 4.79 Å². The van der Waals surface area contributed by atoms with Crippen LogP contribution in [-0.4, -0.2) is 18.2 Å². The SMILES string of the molecule is CCO/C=C/C(=O)OC(C)(C)C. The minimum absolute atomic E-state index is 0.379. The summed E-state index contributed by atoms with van der Waals surface area (Å²) in [5.74, 6) is -0.379. The smallest absolute Gasteiger partial charge is 0.334 e. The molecule has 3 nitrogen and oxygen atoms in total. The van der Waals surface area contributed by atoms with Crippen LogP contribution in [0.1, 0.15) is 27.7 Å². The van der Waals surface area contributed by atoms with Crippen LogP contribution in [0.15, 0.2) is 12.3 Å². The molecule has 0 saturated carbocycles. The van der Waals surface area contributed by atoms with E-state index in [-0.39, 0.29) is 5.97 Å². The Balaban J connectivity index is 3.75. The molecule has 0 heterocycles. The van der Waals surface area contributed by atoms with Crippen LogP contribution in [0.25, 0.3) is 0 Å². The van der Waals surface area contributed by atoms with Crippen molar-refractivity contribution in [1.82, 2.24) is 0 Å². The summed E-state index contributed by atoms with van der Waals surface area (Å²) in [5.41, 5.74) is -0.437. The van der Waals surface area contributed by atoms with Gasteiger partial charge in [-0.1, -0.05) is 0 Å². The lowest BCUT2D eigenvalue weighted by Crippen LogP contribution is -2.22. The minimum Gasteiger partial charge on any atom is -0.501 e. The fourth-order valence-electron chi connectivity index (χ4n) is 0.536. The van der Waals surface area contributed by atoms with Crippen molar-refractivity contribution in [2.45, 2.75) is 33.3 Å². The van der Waals surface area contributed by atoms with E-state index in [1.807, 2.05) is 27.7 Å². The van der Waals surface area contributed by atoms with E-state index in [4.69, 9.17) is 9.47 Å². The third-order valence-electron chi connectivity index (χ3n) is 0.874. The van der Waals surface area contributed by atoms with E-state index < -0.39 is 5.60 Å². The highest BCUT2D eigenvalue weighted by molar-refractivity contribution is 5.81. The second kappa shape index (κ2) is 4.80. The van der Waals surface area contributed by atoms with Crippen LogP contribution in [0.5, 0.6) is 0 Å². The van der Waals surface area contributed by atoms with Gasteiger partial charge in [-0.05, 0) is 27.7 Å². The first-order valence-corrected chi connectivity index (χ1v) is 3.97. The van der Waals surface area contributed by atoms with Gasteiger partial charge in [-0.15, -0.1) is 0 Å². The zero-order valence-electron chi connectivity index (χ0n) is 8.09. The van der Waals surface area contributed by atoms with Gasteiger partial charge in [0.1, 0.15) is 5.60 Å². The predicted octanol–water partition coefficient (Wildman–Crippen LogP) is 1.88. The quantitative estimate of drug-likeness (QED) is 0.370. The lowest BCUT2D eigenvalue weighted by Gasteiger charge is -2.17. The number of hydrogen-bond acceptors (Lipinski definition) is 3. The molecular formula is C9H16O3. The molecule has 0 unspecified atom stereocenters. The summed E-state index contributed by atoms with van der Waals surface area (Å²) >= 11 is 0. The van der Waals surface area contributed by atoms with Crippen molar-refractivity contribution in [2.24, 2.45) is 0 Å². The Morgan fingerprint density at radius 3 is 2.42 bits per heavy atom. The highest BCUT2D eigenvalue weighted by atomic mass is 16.6. The Morgan fingerprint density at radius 1 is 1.42 bits per heavy atom. The van der Waals surface area contributed by atoms with Gasteiger partial charge in [-0.3, -0.25) is 0 Å². The van der Waals surface area contributed by atoms with Gasteiger partial charge in [-0.2, -0.15) is 0 Å². The van der Waals surface area contributed by atoms with Crippen molar-refractivity contribution in [3.8, 4) is 0 Å². The molecule has 3 heteroatoms. The van der Waals surface area contributed by atoms with E-state index in [0.717, 1.165) is 0 Å². The third kappa shape index (κ3) is 7.12. The van der Waals surface area contributed by atoms with Crippen LogP contribution >= 0.6 is 0 Å². The van der Waals surface area contributed by atoms with Crippen LogP contribution in [0, 0.1) is 0 Å². The first-order chi connectivity index (χ1) is 5.45. The van der Waals surface area contributed by atoms with E-state index in [2.05, 4.69) is 0 Å². The standard InChI is InChI=1S/C9H16O3/c1-5-11-7-6-8(10)12-9(2,3)4/h6-7H,5H2,1-4H3/b7-6+. The molecule has 0 aromatic carbocycles. The van der Waals surface area contributed by atoms with Gasteiger partial charge in [0.15, 0.2) is 0 Å². The average Bonchev–Trinajstić information content (AvgIpc) is 1.84. The van der Waals surface area contributed by atoms with Crippen LogP contribution in [-0.2, 0) is 14.3 Å². The van der Waals surface area contributed by atoms with Crippen LogP contribution in [0.4, 0.5) is 0 Å². The number of rotatable bonds is 3.